The minimum absolute atomic E-state index is 0.0530. The number of nitrogens with one attached hydrogen (secondary N) is 2. The smallest absolute Gasteiger partial charge is 0.305 e. The van der Waals surface area contributed by atoms with Gasteiger partial charge in [-0.1, -0.05) is 11.3 Å². The van der Waals surface area contributed by atoms with Crippen LogP contribution in [0.4, 0.5) is 11.5 Å². The molecule has 10 heteroatoms. The summed E-state index contributed by atoms with van der Waals surface area (Å²) >= 11 is 2.90. The van der Waals surface area contributed by atoms with Crippen molar-refractivity contribution in [1.29, 1.82) is 0 Å². The van der Waals surface area contributed by atoms with Gasteiger partial charge in [-0.25, -0.2) is 9.97 Å². The molecule has 8 nitrogen and oxygen atoms in total. The first-order chi connectivity index (χ1) is 17.6. The Labute approximate surface area is 216 Å². The molecule has 36 heavy (non-hydrogen) atoms. The quantitative estimate of drug-likeness (QED) is 0.413. The number of hydrogen-bond donors (Lipinski definition) is 2. The van der Waals surface area contributed by atoms with Gasteiger partial charge >= 0.3 is 4.87 Å². The van der Waals surface area contributed by atoms with Gasteiger partial charge in [0.1, 0.15) is 17.0 Å². The SMILES string of the molecule is O=C([C@@H]1CCc2c(sc3ncnc(Nc4ccc5[nH]c(=O)sc5c4)c23)C1)N1CCN(CC2CC2)CC1. The molecule has 2 fully saturated rings. The summed E-state index contributed by atoms with van der Waals surface area (Å²) in [5, 5.41) is 4.53. The highest BCUT2D eigenvalue weighted by Crippen LogP contribution is 2.41. The molecule has 2 aliphatic carbocycles. The lowest BCUT2D eigenvalue weighted by molar-refractivity contribution is -0.137. The minimum atomic E-state index is -0.0530. The number of anilines is 2. The number of carbonyl (C=O) groups excluding carboxylic acids is 1. The number of H-pyrrole nitrogens is 1. The van der Waals surface area contributed by atoms with E-state index in [2.05, 4.69) is 30.1 Å². The molecule has 1 saturated carbocycles. The summed E-state index contributed by atoms with van der Waals surface area (Å²) in [5.74, 6) is 2.08. The maximum absolute atomic E-state index is 13.4. The Kier molecular flexibility index (Phi) is 5.55. The summed E-state index contributed by atoms with van der Waals surface area (Å²) in [4.78, 5) is 43.9. The lowest BCUT2D eigenvalue weighted by atomic mass is 9.86. The normalized spacial score (nSPS) is 20.7. The van der Waals surface area contributed by atoms with Gasteiger partial charge in [-0.2, -0.15) is 0 Å². The number of aromatic amines is 1. The predicted octanol–water partition coefficient (Wildman–Crippen LogP) is 4.00. The molecule has 1 aromatic carbocycles. The Morgan fingerprint density at radius 3 is 2.81 bits per heavy atom. The van der Waals surface area contributed by atoms with Gasteiger partial charge in [0.05, 0.1) is 15.6 Å². The molecule has 0 radical (unpaired) electrons. The number of amides is 1. The average molecular weight is 521 g/mol. The van der Waals surface area contributed by atoms with Crippen LogP contribution < -0.4 is 10.2 Å². The molecule has 1 amide bonds. The number of fused-ring (bicyclic) bond motifs is 4. The second-order valence-corrected chi connectivity index (χ2v) is 12.4. The number of piperazine rings is 1. The van der Waals surface area contributed by atoms with Crippen LogP contribution in [-0.4, -0.2) is 63.4 Å². The lowest BCUT2D eigenvalue weighted by Gasteiger charge is -2.37. The molecule has 0 spiro atoms. The Balaban J connectivity index is 1.09. The van der Waals surface area contributed by atoms with Gasteiger partial charge in [0, 0.05) is 49.2 Å². The summed E-state index contributed by atoms with van der Waals surface area (Å²) in [6.07, 6.45) is 6.89. The van der Waals surface area contributed by atoms with E-state index >= 15 is 0 Å². The molecule has 7 rings (SSSR count). The standard InChI is InChI=1S/C26H28N6O2S2/c33-25(32-9-7-31(8-10-32)13-15-1-2-15)16-3-5-18-20(11-16)35-24-22(18)23(27-14-28-24)29-17-4-6-19-21(12-17)36-26(34)30-19/h4,6,12,14-16H,1-3,5,7-11,13H2,(H,30,34)(H,27,28,29)/t16-/m1/s1. The van der Waals surface area contributed by atoms with Gasteiger partial charge in [0.25, 0.3) is 0 Å². The lowest BCUT2D eigenvalue weighted by Crippen LogP contribution is -2.51. The van der Waals surface area contributed by atoms with Crippen LogP contribution in [0.1, 0.15) is 29.7 Å². The second-order valence-electron chi connectivity index (χ2n) is 10.3. The minimum Gasteiger partial charge on any atom is -0.340 e. The van der Waals surface area contributed by atoms with E-state index in [9.17, 15) is 9.59 Å². The fourth-order valence-corrected chi connectivity index (χ4v) is 7.69. The maximum atomic E-state index is 13.4. The monoisotopic (exact) mass is 520 g/mol. The number of benzene rings is 1. The molecule has 3 aromatic heterocycles. The van der Waals surface area contributed by atoms with Gasteiger partial charge in [-0.05, 0) is 61.8 Å². The molecule has 1 atom stereocenters. The van der Waals surface area contributed by atoms with E-state index in [4.69, 9.17) is 0 Å². The van der Waals surface area contributed by atoms with E-state index in [1.807, 2.05) is 18.2 Å². The van der Waals surface area contributed by atoms with E-state index in [0.717, 1.165) is 83.3 Å². The molecule has 4 heterocycles. The van der Waals surface area contributed by atoms with E-state index in [-0.39, 0.29) is 10.8 Å². The first-order valence-corrected chi connectivity index (χ1v) is 14.4. The largest absolute Gasteiger partial charge is 0.340 e. The van der Waals surface area contributed by atoms with Crippen LogP contribution in [0.25, 0.3) is 20.4 Å². The molecule has 4 aromatic rings. The number of thiophene rings is 1. The van der Waals surface area contributed by atoms with Crippen LogP contribution in [0.3, 0.4) is 0 Å². The molecule has 0 unspecified atom stereocenters. The Morgan fingerprint density at radius 2 is 1.97 bits per heavy atom. The number of carbonyl (C=O) groups is 1. The van der Waals surface area contributed by atoms with Gasteiger partial charge in [-0.3, -0.25) is 14.5 Å². The average Bonchev–Trinajstić information content (AvgIpc) is 3.50. The first kappa shape index (κ1) is 22.4. The first-order valence-electron chi connectivity index (χ1n) is 12.8. The van der Waals surface area contributed by atoms with Crippen LogP contribution in [0.5, 0.6) is 0 Å². The highest BCUT2D eigenvalue weighted by Gasteiger charge is 2.33. The van der Waals surface area contributed by atoms with Crippen molar-refractivity contribution in [3.05, 3.63) is 44.6 Å². The Morgan fingerprint density at radius 1 is 1.11 bits per heavy atom. The van der Waals surface area contributed by atoms with Crippen molar-refractivity contribution >= 4 is 60.5 Å². The van der Waals surface area contributed by atoms with E-state index in [1.54, 1.807) is 17.7 Å². The molecule has 1 aliphatic heterocycles. The summed E-state index contributed by atoms with van der Waals surface area (Å²) in [6.45, 7) is 4.97. The summed E-state index contributed by atoms with van der Waals surface area (Å²) in [6, 6.07) is 5.85. The number of nitrogens with zero attached hydrogens (tertiary/aromatic N) is 4. The highest BCUT2D eigenvalue weighted by molar-refractivity contribution is 7.19. The molecule has 1 saturated heterocycles. The van der Waals surface area contributed by atoms with Crippen LogP contribution in [-0.2, 0) is 17.6 Å². The van der Waals surface area contributed by atoms with Gasteiger partial charge < -0.3 is 15.2 Å². The number of rotatable bonds is 5. The zero-order valence-electron chi connectivity index (χ0n) is 20.0. The fourth-order valence-electron chi connectivity index (χ4n) is 5.65. The number of aryl methyl sites for hydroxylation is 1. The van der Waals surface area contributed by atoms with E-state index in [1.165, 1.54) is 41.2 Å². The third-order valence-electron chi connectivity index (χ3n) is 7.78. The summed E-state index contributed by atoms with van der Waals surface area (Å²) < 4.78 is 0.914. The number of thiazole rings is 1. The maximum Gasteiger partial charge on any atom is 0.305 e. The van der Waals surface area contributed by atoms with Crippen molar-refractivity contribution in [2.75, 3.05) is 38.0 Å². The van der Waals surface area contributed by atoms with Crippen LogP contribution in [0, 0.1) is 11.8 Å². The van der Waals surface area contributed by atoms with Crippen molar-refractivity contribution in [3.63, 3.8) is 0 Å². The van der Waals surface area contributed by atoms with Gasteiger partial charge in [0.2, 0.25) is 5.91 Å². The molecular formula is C26H28N6O2S2. The Bertz CT molecular complexity index is 1510. The van der Waals surface area contributed by atoms with Crippen molar-refractivity contribution < 1.29 is 4.79 Å². The van der Waals surface area contributed by atoms with Crippen molar-refractivity contribution in [1.82, 2.24) is 24.8 Å². The predicted molar refractivity (Wildman–Crippen MR) is 144 cm³/mol. The molecule has 186 valence electrons. The van der Waals surface area contributed by atoms with Gasteiger partial charge in [-0.15, -0.1) is 11.3 Å². The van der Waals surface area contributed by atoms with Crippen molar-refractivity contribution in [2.45, 2.75) is 32.1 Å². The van der Waals surface area contributed by atoms with Crippen molar-refractivity contribution in [2.24, 2.45) is 11.8 Å². The van der Waals surface area contributed by atoms with Crippen molar-refractivity contribution in [3.8, 4) is 0 Å². The summed E-state index contributed by atoms with van der Waals surface area (Å²) in [7, 11) is 0. The molecular weight excluding hydrogens is 492 g/mol. The molecule has 0 bridgehead atoms. The second kappa shape index (κ2) is 8.93. The zero-order valence-corrected chi connectivity index (χ0v) is 21.6. The fraction of sp³-hybridized carbons (Fsp3) is 0.462. The molecule has 2 N–H and O–H groups in total. The van der Waals surface area contributed by atoms with E-state index in [0.29, 0.717) is 5.91 Å². The zero-order chi connectivity index (χ0) is 24.2. The van der Waals surface area contributed by atoms with Gasteiger partial charge in [0.15, 0.2) is 0 Å². The van der Waals surface area contributed by atoms with E-state index < -0.39 is 0 Å². The third kappa shape index (κ3) is 4.21. The van der Waals surface area contributed by atoms with Crippen LogP contribution in [0.2, 0.25) is 0 Å². The topological polar surface area (TPSA) is 94.2 Å². The molecule has 3 aliphatic rings. The van der Waals surface area contributed by atoms with Crippen LogP contribution in [0.15, 0.2) is 29.3 Å². The number of hydrogen-bond acceptors (Lipinski definition) is 8. The van der Waals surface area contributed by atoms with Crippen LogP contribution >= 0.6 is 22.7 Å². The summed E-state index contributed by atoms with van der Waals surface area (Å²) in [5.41, 5.74) is 3.02. The Hall–Kier alpha value is -2.82. The highest BCUT2D eigenvalue weighted by atomic mass is 32.1. The third-order valence-corrected chi connectivity index (χ3v) is 9.78. The number of aromatic nitrogens is 3.